The molecule has 0 bridgehead atoms. The maximum atomic E-state index is 12.1. The fourth-order valence-electron chi connectivity index (χ4n) is 2.03. The molecule has 0 saturated heterocycles. The van der Waals surface area contributed by atoms with Gasteiger partial charge < -0.3 is 5.32 Å². The molecule has 0 aliphatic carbocycles. The molecule has 1 heterocycles. The van der Waals surface area contributed by atoms with E-state index in [1.807, 2.05) is 6.92 Å². The molecule has 2 N–H and O–H groups in total. The minimum Gasteiger partial charge on any atom is -0.325 e. The maximum Gasteiger partial charge on any atom is 0.240 e. The van der Waals surface area contributed by atoms with E-state index < -0.39 is 10.0 Å². The third-order valence-electron chi connectivity index (χ3n) is 3.27. The van der Waals surface area contributed by atoms with Crippen LogP contribution in [-0.4, -0.2) is 20.9 Å². The van der Waals surface area contributed by atoms with Gasteiger partial charge in [0.15, 0.2) is 0 Å². The number of carbonyl (C=O) groups is 1. The molecule has 2 rings (SSSR count). The van der Waals surface area contributed by atoms with Crippen LogP contribution in [0.15, 0.2) is 23.1 Å². The molecule has 1 aliphatic heterocycles. The number of carbonyl (C=O) groups excluding carboxylic acids is 1. The first kappa shape index (κ1) is 14.0. The quantitative estimate of drug-likeness (QED) is 0.809. The molecule has 19 heavy (non-hydrogen) atoms. The number of rotatable bonds is 5. The van der Waals surface area contributed by atoms with Crippen molar-refractivity contribution in [2.75, 3.05) is 11.9 Å². The smallest absolute Gasteiger partial charge is 0.240 e. The van der Waals surface area contributed by atoms with E-state index in [1.165, 1.54) is 6.07 Å². The fourth-order valence-corrected chi connectivity index (χ4v) is 3.14. The zero-order valence-electron chi connectivity index (χ0n) is 11.1. The van der Waals surface area contributed by atoms with E-state index in [9.17, 15) is 13.2 Å². The summed E-state index contributed by atoms with van der Waals surface area (Å²) in [5.41, 5.74) is 1.44. The zero-order chi connectivity index (χ0) is 14.0. The number of fused-ring (bicyclic) bond motifs is 1. The van der Waals surface area contributed by atoms with Gasteiger partial charge >= 0.3 is 0 Å². The van der Waals surface area contributed by atoms with Crippen LogP contribution in [0, 0.1) is 0 Å². The van der Waals surface area contributed by atoms with Gasteiger partial charge in [-0.1, -0.05) is 13.3 Å². The summed E-state index contributed by atoms with van der Waals surface area (Å²) in [6.07, 6.45) is 1.74. The van der Waals surface area contributed by atoms with Crippen molar-refractivity contribution in [2.24, 2.45) is 0 Å². The summed E-state index contributed by atoms with van der Waals surface area (Å²) in [5, 5.41) is 2.72. The summed E-state index contributed by atoms with van der Waals surface area (Å²) in [7, 11) is -3.48. The molecule has 1 aromatic carbocycles. The van der Waals surface area contributed by atoms with Crippen LogP contribution in [0.1, 0.15) is 38.2 Å². The normalized spacial score (nSPS) is 18.2. The van der Waals surface area contributed by atoms with Crippen LogP contribution in [-0.2, 0) is 14.8 Å². The van der Waals surface area contributed by atoms with E-state index in [4.69, 9.17) is 0 Å². The van der Waals surface area contributed by atoms with Crippen molar-refractivity contribution in [1.29, 1.82) is 0 Å². The zero-order valence-corrected chi connectivity index (χ0v) is 11.9. The maximum absolute atomic E-state index is 12.1. The standard InChI is InChI=1S/C13H18N2O3S/c1-3-4-7-14-19(17,18)10-5-6-12-11(8-10)9(2)13(16)15-12/h5-6,8-9,14H,3-4,7H2,1-2H3,(H,15,16)/t9-/m1/s1. The van der Waals surface area contributed by atoms with Crippen LogP contribution in [0.5, 0.6) is 0 Å². The van der Waals surface area contributed by atoms with Gasteiger partial charge in [0.1, 0.15) is 0 Å². The summed E-state index contributed by atoms with van der Waals surface area (Å²) in [5.74, 6) is -0.399. The molecular weight excluding hydrogens is 264 g/mol. The second-order valence-electron chi connectivity index (χ2n) is 4.71. The highest BCUT2D eigenvalue weighted by Gasteiger charge is 2.28. The van der Waals surface area contributed by atoms with Gasteiger partial charge in [0.25, 0.3) is 0 Å². The Kier molecular flexibility index (Phi) is 3.91. The molecule has 6 heteroatoms. The highest BCUT2D eigenvalue weighted by atomic mass is 32.2. The van der Waals surface area contributed by atoms with Gasteiger partial charge in [-0.25, -0.2) is 13.1 Å². The van der Waals surface area contributed by atoms with E-state index in [-0.39, 0.29) is 16.7 Å². The van der Waals surface area contributed by atoms with E-state index >= 15 is 0 Å². The first-order chi connectivity index (χ1) is 8.95. The van der Waals surface area contributed by atoms with Gasteiger partial charge in [0, 0.05) is 12.2 Å². The van der Waals surface area contributed by atoms with Crippen LogP contribution < -0.4 is 10.0 Å². The largest absolute Gasteiger partial charge is 0.325 e. The number of hydrogen-bond donors (Lipinski definition) is 2. The highest BCUT2D eigenvalue weighted by Crippen LogP contribution is 2.33. The summed E-state index contributed by atoms with van der Waals surface area (Å²) in [6, 6.07) is 4.74. The minimum atomic E-state index is -3.48. The lowest BCUT2D eigenvalue weighted by atomic mass is 10.0. The third kappa shape index (κ3) is 2.79. The Morgan fingerprint density at radius 2 is 2.11 bits per heavy atom. The Hall–Kier alpha value is -1.40. The molecule has 0 fully saturated rings. The van der Waals surface area contributed by atoms with E-state index in [0.717, 1.165) is 18.4 Å². The second-order valence-corrected chi connectivity index (χ2v) is 6.48. The van der Waals surface area contributed by atoms with Crippen LogP contribution >= 0.6 is 0 Å². The predicted molar refractivity (Wildman–Crippen MR) is 73.6 cm³/mol. The monoisotopic (exact) mass is 282 g/mol. The third-order valence-corrected chi connectivity index (χ3v) is 4.73. The lowest BCUT2D eigenvalue weighted by Crippen LogP contribution is -2.24. The lowest BCUT2D eigenvalue weighted by molar-refractivity contribution is -0.116. The van der Waals surface area contributed by atoms with Crippen LogP contribution in [0.4, 0.5) is 5.69 Å². The van der Waals surface area contributed by atoms with Gasteiger partial charge in [-0.2, -0.15) is 0 Å². The number of unbranched alkanes of at least 4 members (excludes halogenated alkanes) is 1. The Morgan fingerprint density at radius 3 is 2.79 bits per heavy atom. The number of hydrogen-bond acceptors (Lipinski definition) is 3. The van der Waals surface area contributed by atoms with Gasteiger partial charge in [0.2, 0.25) is 15.9 Å². The Morgan fingerprint density at radius 1 is 1.37 bits per heavy atom. The van der Waals surface area contributed by atoms with Crippen molar-refractivity contribution in [1.82, 2.24) is 4.72 Å². The van der Waals surface area contributed by atoms with E-state index in [0.29, 0.717) is 12.2 Å². The molecule has 5 nitrogen and oxygen atoms in total. The second kappa shape index (κ2) is 5.30. The fraction of sp³-hybridized carbons (Fsp3) is 0.462. The van der Waals surface area contributed by atoms with Crippen molar-refractivity contribution in [3.8, 4) is 0 Å². The summed E-state index contributed by atoms with van der Waals surface area (Å²) in [4.78, 5) is 11.7. The predicted octanol–water partition coefficient (Wildman–Crippen LogP) is 1.82. The molecular formula is C13H18N2O3S. The first-order valence-electron chi connectivity index (χ1n) is 6.40. The number of amides is 1. The summed E-state index contributed by atoms with van der Waals surface area (Å²) in [6.45, 7) is 4.20. The van der Waals surface area contributed by atoms with Crippen LogP contribution in [0.2, 0.25) is 0 Å². The average Bonchev–Trinajstić information content (AvgIpc) is 2.65. The molecule has 104 valence electrons. The van der Waals surface area contributed by atoms with Crippen LogP contribution in [0.25, 0.3) is 0 Å². The van der Waals surface area contributed by atoms with Gasteiger partial charge in [-0.15, -0.1) is 0 Å². The topological polar surface area (TPSA) is 75.3 Å². The lowest BCUT2D eigenvalue weighted by Gasteiger charge is -2.08. The van der Waals surface area contributed by atoms with Crippen molar-refractivity contribution in [2.45, 2.75) is 37.5 Å². The van der Waals surface area contributed by atoms with E-state index in [2.05, 4.69) is 10.0 Å². The molecule has 1 amide bonds. The molecule has 0 saturated carbocycles. The summed E-state index contributed by atoms with van der Waals surface area (Å²) >= 11 is 0. The van der Waals surface area contributed by atoms with Gasteiger partial charge in [-0.05, 0) is 37.1 Å². The first-order valence-corrected chi connectivity index (χ1v) is 7.88. The molecule has 0 spiro atoms. The van der Waals surface area contributed by atoms with Gasteiger partial charge in [0.05, 0.1) is 10.8 Å². The number of sulfonamides is 1. The van der Waals surface area contributed by atoms with E-state index in [1.54, 1.807) is 19.1 Å². The SMILES string of the molecule is CCCCNS(=O)(=O)c1ccc2c(c1)[C@@H](C)C(=O)N2. The van der Waals surface area contributed by atoms with Gasteiger partial charge in [-0.3, -0.25) is 4.79 Å². The molecule has 1 aromatic rings. The Labute approximate surface area is 113 Å². The highest BCUT2D eigenvalue weighted by molar-refractivity contribution is 7.89. The summed E-state index contributed by atoms with van der Waals surface area (Å²) < 4.78 is 26.7. The van der Waals surface area contributed by atoms with Crippen molar-refractivity contribution >= 4 is 21.6 Å². The average molecular weight is 282 g/mol. The molecule has 0 unspecified atom stereocenters. The van der Waals surface area contributed by atoms with Crippen molar-refractivity contribution in [3.63, 3.8) is 0 Å². The molecule has 1 atom stereocenters. The van der Waals surface area contributed by atoms with Crippen molar-refractivity contribution < 1.29 is 13.2 Å². The number of benzene rings is 1. The Bertz CT molecular complexity index is 596. The number of nitrogens with one attached hydrogen (secondary N) is 2. The minimum absolute atomic E-state index is 0.0940. The molecule has 1 aliphatic rings. The molecule has 0 radical (unpaired) electrons. The van der Waals surface area contributed by atoms with Crippen LogP contribution in [0.3, 0.4) is 0 Å². The Balaban J connectivity index is 2.26. The van der Waals surface area contributed by atoms with Crippen molar-refractivity contribution in [3.05, 3.63) is 23.8 Å². The number of anilines is 1. The molecule has 0 aromatic heterocycles.